The molecule has 2 aromatic carbocycles. The van der Waals surface area contributed by atoms with E-state index in [1.54, 1.807) is 17.6 Å². The van der Waals surface area contributed by atoms with Crippen molar-refractivity contribution in [3.05, 3.63) is 74.6 Å². The van der Waals surface area contributed by atoms with Crippen LogP contribution in [0.3, 0.4) is 0 Å². The summed E-state index contributed by atoms with van der Waals surface area (Å²) in [6.45, 7) is 6.82. The number of aryl methyl sites for hydroxylation is 1. The summed E-state index contributed by atoms with van der Waals surface area (Å²) in [5.74, 6) is 0.750. The number of benzene rings is 2. The average molecular weight is 478 g/mol. The van der Waals surface area contributed by atoms with Gasteiger partial charge in [-0.15, -0.1) is 10.2 Å². The number of fused-ring (bicyclic) bond motifs is 2. The molecule has 1 unspecified atom stereocenters. The van der Waals surface area contributed by atoms with Gasteiger partial charge in [-0.2, -0.15) is 0 Å². The van der Waals surface area contributed by atoms with E-state index in [9.17, 15) is 9.59 Å². The molecule has 4 aromatic rings. The summed E-state index contributed by atoms with van der Waals surface area (Å²) < 4.78 is 17.7. The van der Waals surface area contributed by atoms with Crippen molar-refractivity contribution in [3.63, 3.8) is 0 Å². The molecule has 0 saturated heterocycles. The third-order valence-corrected chi connectivity index (χ3v) is 6.31. The first-order valence-corrected chi connectivity index (χ1v) is 12.0. The lowest BCUT2D eigenvalue weighted by Crippen LogP contribution is -2.29. The third kappa shape index (κ3) is 3.62. The van der Waals surface area contributed by atoms with Crippen LogP contribution in [0.5, 0.6) is 11.5 Å². The lowest BCUT2D eigenvalue weighted by Gasteiger charge is -2.23. The van der Waals surface area contributed by atoms with Crippen LogP contribution in [-0.4, -0.2) is 29.3 Å². The molecular weight excluding hydrogens is 454 g/mol. The number of ether oxygens (including phenoxy) is 2. The lowest BCUT2D eigenvalue weighted by molar-refractivity contribution is 0.0970. The fourth-order valence-electron chi connectivity index (χ4n) is 4.17. The molecular formula is C25H23N3O5S. The van der Waals surface area contributed by atoms with E-state index in [0.29, 0.717) is 46.4 Å². The maximum Gasteiger partial charge on any atom is 0.297 e. The first-order chi connectivity index (χ1) is 16.5. The van der Waals surface area contributed by atoms with Crippen LogP contribution in [-0.2, 0) is 0 Å². The highest BCUT2D eigenvalue weighted by atomic mass is 32.1. The maximum absolute atomic E-state index is 13.7. The van der Waals surface area contributed by atoms with Crippen LogP contribution in [0.2, 0.25) is 0 Å². The Morgan fingerprint density at radius 3 is 2.68 bits per heavy atom. The van der Waals surface area contributed by atoms with E-state index in [1.807, 2.05) is 45.0 Å². The van der Waals surface area contributed by atoms with Gasteiger partial charge in [0.15, 0.2) is 16.9 Å². The monoisotopic (exact) mass is 477 g/mol. The van der Waals surface area contributed by atoms with Gasteiger partial charge in [0.2, 0.25) is 10.9 Å². The van der Waals surface area contributed by atoms with Gasteiger partial charge < -0.3 is 13.9 Å². The number of hydrogen-bond acceptors (Lipinski definition) is 8. The van der Waals surface area contributed by atoms with Gasteiger partial charge in [-0.05, 0) is 50.1 Å². The molecule has 5 rings (SSSR count). The van der Waals surface area contributed by atoms with E-state index < -0.39 is 11.9 Å². The smallest absolute Gasteiger partial charge is 0.297 e. The van der Waals surface area contributed by atoms with E-state index in [-0.39, 0.29) is 16.8 Å². The van der Waals surface area contributed by atoms with Crippen LogP contribution in [0, 0.1) is 6.92 Å². The van der Waals surface area contributed by atoms with Crippen molar-refractivity contribution in [1.29, 1.82) is 0 Å². The summed E-state index contributed by atoms with van der Waals surface area (Å²) >= 11 is 1.22. The zero-order valence-corrected chi connectivity index (χ0v) is 19.8. The highest BCUT2D eigenvalue weighted by Crippen LogP contribution is 2.43. The predicted molar refractivity (Wildman–Crippen MR) is 129 cm³/mol. The van der Waals surface area contributed by atoms with Crippen LogP contribution in [0.15, 0.2) is 51.1 Å². The summed E-state index contributed by atoms with van der Waals surface area (Å²) in [6.07, 6.45) is 0.857. The van der Waals surface area contributed by atoms with E-state index in [0.717, 1.165) is 12.0 Å². The minimum absolute atomic E-state index is 0.0193. The topological polar surface area (TPSA) is 94.8 Å². The molecule has 0 fully saturated rings. The molecule has 0 N–H and O–H groups in total. The zero-order valence-electron chi connectivity index (χ0n) is 19.0. The number of amides is 1. The molecule has 1 atom stereocenters. The largest absolute Gasteiger partial charge is 0.490 e. The summed E-state index contributed by atoms with van der Waals surface area (Å²) in [4.78, 5) is 28.7. The molecule has 1 aliphatic heterocycles. The molecule has 3 heterocycles. The summed E-state index contributed by atoms with van der Waals surface area (Å²) in [5, 5.41) is 8.82. The Hall–Kier alpha value is -3.72. The number of carbonyl (C=O) groups is 1. The Morgan fingerprint density at radius 2 is 1.94 bits per heavy atom. The van der Waals surface area contributed by atoms with E-state index in [1.165, 1.54) is 16.2 Å². The summed E-state index contributed by atoms with van der Waals surface area (Å²) in [6, 6.07) is 10.1. The van der Waals surface area contributed by atoms with Crippen LogP contribution < -0.4 is 19.8 Å². The standard InChI is InChI=1S/C25H23N3O5S/c1-4-10-32-18-9-7-15(12-19(18)31-5-2)21-20-22(29)16-11-14(3)6-8-17(16)33-23(20)24(30)28(21)25-27-26-13-34-25/h6-9,11-13,21H,4-5,10H2,1-3H3. The van der Waals surface area contributed by atoms with E-state index in [4.69, 9.17) is 13.9 Å². The minimum atomic E-state index is -0.740. The van der Waals surface area contributed by atoms with Gasteiger partial charge in [0.1, 0.15) is 11.1 Å². The number of anilines is 1. The molecule has 1 amide bonds. The molecule has 8 nitrogen and oxygen atoms in total. The van der Waals surface area contributed by atoms with Gasteiger partial charge >= 0.3 is 0 Å². The van der Waals surface area contributed by atoms with Crippen LogP contribution in [0.1, 0.15) is 53.6 Å². The predicted octanol–water partition coefficient (Wildman–Crippen LogP) is 4.89. The molecule has 0 radical (unpaired) electrons. The van der Waals surface area contributed by atoms with Crippen molar-refractivity contribution in [2.24, 2.45) is 0 Å². The lowest BCUT2D eigenvalue weighted by atomic mass is 9.98. The molecule has 34 heavy (non-hydrogen) atoms. The number of nitrogens with zero attached hydrogens (tertiary/aromatic N) is 3. The molecule has 0 bridgehead atoms. The molecule has 1 aliphatic rings. The molecule has 0 spiro atoms. The Kier molecular flexibility index (Phi) is 5.79. The van der Waals surface area contributed by atoms with Gasteiger partial charge in [-0.25, -0.2) is 0 Å². The Bertz CT molecular complexity index is 1430. The quantitative estimate of drug-likeness (QED) is 0.374. The van der Waals surface area contributed by atoms with Crippen LogP contribution in [0.25, 0.3) is 11.0 Å². The SMILES string of the molecule is CCCOc1ccc(C2c3c(oc4ccc(C)cc4c3=O)C(=O)N2c2nncs2)cc1OCC. The van der Waals surface area contributed by atoms with E-state index in [2.05, 4.69) is 10.2 Å². The maximum atomic E-state index is 13.7. The average Bonchev–Trinajstić information content (AvgIpc) is 3.46. The second-order valence-corrected chi connectivity index (χ2v) is 8.77. The van der Waals surface area contributed by atoms with Gasteiger partial charge in [0.25, 0.3) is 5.91 Å². The van der Waals surface area contributed by atoms with Crippen molar-refractivity contribution in [2.45, 2.75) is 33.2 Å². The molecule has 0 saturated carbocycles. The molecule has 2 aromatic heterocycles. The number of rotatable bonds is 7. The Balaban J connectivity index is 1.74. The van der Waals surface area contributed by atoms with Gasteiger partial charge in [0, 0.05) is 0 Å². The second kappa shape index (κ2) is 8.90. The fraction of sp³-hybridized carbons (Fsp3) is 0.280. The van der Waals surface area contributed by atoms with Crippen molar-refractivity contribution < 1.29 is 18.7 Å². The third-order valence-electron chi connectivity index (χ3n) is 5.63. The number of hydrogen-bond donors (Lipinski definition) is 0. The second-order valence-electron chi connectivity index (χ2n) is 7.96. The van der Waals surface area contributed by atoms with Crippen LogP contribution >= 0.6 is 11.3 Å². The molecule has 0 aliphatic carbocycles. The first-order valence-electron chi connectivity index (χ1n) is 11.1. The van der Waals surface area contributed by atoms with Crippen molar-refractivity contribution >= 4 is 33.3 Å². The Morgan fingerprint density at radius 1 is 1.09 bits per heavy atom. The van der Waals surface area contributed by atoms with Gasteiger partial charge in [-0.1, -0.05) is 36.0 Å². The number of carbonyl (C=O) groups excluding carboxylic acids is 1. The Labute approximate surface area is 199 Å². The normalized spacial score (nSPS) is 15.1. The number of aromatic nitrogens is 2. The van der Waals surface area contributed by atoms with Gasteiger partial charge in [0.05, 0.1) is 30.2 Å². The van der Waals surface area contributed by atoms with Crippen molar-refractivity contribution in [3.8, 4) is 11.5 Å². The zero-order chi connectivity index (χ0) is 23.8. The molecule has 9 heteroatoms. The minimum Gasteiger partial charge on any atom is -0.490 e. The molecule has 174 valence electrons. The fourth-order valence-corrected chi connectivity index (χ4v) is 4.75. The van der Waals surface area contributed by atoms with Crippen LogP contribution in [0.4, 0.5) is 5.13 Å². The van der Waals surface area contributed by atoms with E-state index >= 15 is 0 Å². The highest BCUT2D eigenvalue weighted by molar-refractivity contribution is 7.13. The van der Waals surface area contributed by atoms with Crippen molar-refractivity contribution in [1.82, 2.24) is 10.2 Å². The first kappa shape index (κ1) is 22.1. The highest BCUT2D eigenvalue weighted by Gasteiger charge is 2.45. The summed E-state index contributed by atoms with van der Waals surface area (Å²) in [7, 11) is 0. The van der Waals surface area contributed by atoms with Crippen molar-refractivity contribution in [2.75, 3.05) is 18.1 Å². The van der Waals surface area contributed by atoms with Gasteiger partial charge in [-0.3, -0.25) is 14.5 Å². The summed E-state index contributed by atoms with van der Waals surface area (Å²) in [5.41, 5.74) is 3.58.